The van der Waals surface area contributed by atoms with E-state index in [1.807, 2.05) is 0 Å². The molecule has 18 heavy (non-hydrogen) atoms. The van der Waals surface area contributed by atoms with E-state index in [9.17, 15) is 5.11 Å². The van der Waals surface area contributed by atoms with Gasteiger partial charge in [0.25, 0.3) is 0 Å². The van der Waals surface area contributed by atoms with Crippen LogP contribution >= 0.6 is 27.3 Å². The summed E-state index contributed by atoms with van der Waals surface area (Å²) in [4.78, 5) is 0. The lowest BCUT2D eigenvalue weighted by molar-refractivity contribution is -0.00880. The molecule has 2 nitrogen and oxygen atoms in total. The van der Waals surface area contributed by atoms with Gasteiger partial charge in [-0.1, -0.05) is 13.3 Å². The lowest BCUT2D eigenvalue weighted by atomic mass is 9.78. The molecule has 102 valence electrons. The van der Waals surface area contributed by atoms with Crippen molar-refractivity contribution in [3.05, 3.63) is 20.8 Å². The molecule has 1 saturated carbocycles. The fourth-order valence-electron chi connectivity index (χ4n) is 2.68. The van der Waals surface area contributed by atoms with Gasteiger partial charge in [-0.25, -0.2) is 0 Å². The van der Waals surface area contributed by atoms with Gasteiger partial charge in [-0.15, -0.1) is 11.3 Å². The van der Waals surface area contributed by atoms with Crippen molar-refractivity contribution in [3.63, 3.8) is 0 Å². The number of nitrogens with one attached hydrogen (secondary N) is 1. The minimum atomic E-state index is -0.473. The van der Waals surface area contributed by atoms with Gasteiger partial charge >= 0.3 is 0 Å². The topological polar surface area (TPSA) is 32.3 Å². The van der Waals surface area contributed by atoms with Crippen LogP contribution in [0.4, 0.5) is 0 Å². The first-order valence-corrected chi connectivity index (χ1v) is 8.44. The zero-order chi connectivity index (χ0) is 13.0. The van der Waals surface area contributed by atoms with Gasteiger partial charge in [-0.2, -0.15) is 0 Å². The van der Waals surface area contributed by atoms with Crippen molar-refractivity contribution in [2.24, 2.45) is 5.92 Å². The fraction of sp³-hybridized carbons (Fsp3) is 0.714. The molecule has 0 unspecified atom stereocenters. The minimum absolute atomic E-state index is 0.473. The second-order valence-electron chi connectivity index (χ2n) is 5.44. The Kier molecular flexibility index (Phi) is 5.24. The largest absolute Gasteiger partial charge is 0.389 e. The molecule has 4 heteroatoms. The maximum atomic E-state index is 10.5. The van der Waals surface area contributed by atoms with Gasteiger partial charge in [0.2, 0.25) is 0 Å². The number of thiophene rings is 1. The Balaban J connectivity index is 1.73. The molecular formula is C14H22BrNOS. The smallest absolute Gasteiger partial charge is 0.0771 e. The third kappa shape index (κ3) is 4.05. The molecule has 1 aromatic heterocycles. The van der Waals surface area contributed by atoms with E-state index in [-0.39, 0.29) is 0 Å². The molecule has 0 spiro atoms. The van der Waals surface area contributed by atoms with Gasteiger partial charge in [-0.05, 0) is 64.5 Å². The minimum Gasteiger partial charge on any atom is -0.389 e. The van der Waals surface area contributed by atoms with Crippen molar-refractivity contribution >= 4 is 27.3 Å². The first kappa shape index (κ1) is 14.5. The Morgan fingerprint density at radius 3 is 2.78 bits per heavy atom. The molecule has 0 aromatic carbocycles. The maximum absolute atomic E-state index is 10.5. The van der Waals surface area contributed by atoms with Crippen LogP contribution in [0, 0.1) is 5.92 Å². The Bertz CT molecular complexity index is 372. The summed E-state index contributed by atoms with van der Waals surface area (Å²) in [5, 5.41) is 16.0. The molecule has 0 saturated heterocycles. The monoisotopic (exact) mass is 331 g/mol. The highest BCUT2D eigenvalue weighted by Crippen LogP contribution is 2.33. The standard InChI is InChI=1S/C14H22BrNOS/c1-2-11-3-5-14(17,6-4-11)10-16-8-12-7-13(15)18-9-12/h7,9,11,16-17H,2-6,8,10H2,1H3. The van der Waals surface area contributed by atoms with Crippen LogP contribution in [0.5, 0.6) is 0 Å². The van der Waals surface area contributed by atoms with Crippen LogP contribution in [0.15, 0.2) is 15.2 Å². The summed E-state index contributed by atoms with van der Waals surface area (Å²) in [7, 11) is 0. The summed E-state index contributed by atoms with van der Waals surface area (Å²) in [5.74, 6) is 0.832. The predicted molar refractivity (Wildman–Crippen MR) is 80.9 cm³/mol. The molecule has 2 N–H and O–H groups in total. The van der Waals surface area contributed by atoms with Crippen molar-refractivity contribution in [1.82, 2.24) is 5.32 Å². The molecular weight excluding hydrogens is 310 g/mol. The van der Waals surface area contributed by atoms with Crippen LogP contribution in [0.2, 0.25) is 0 Å². The zero-order valence-electron chi connectivity index (χ0n) is 10.9. The number of aliphatic hydroxyl groups is 1. The molecule has 1 aliphatic rings. The molecule has 2 rings (SSSR count). The number of halogens is 1. The maximum Gasteiger partial charge on any atom is 0.0771 e. The van der Waals surface area contributed by atoms with Crippen LogP contribution in [0.1, 0.15) is 44.6 Å². The van der Waals surface area contributed by atoms with E-state index in [1.165, 1.54) is 28.6 Å². The lowest BCUT2D eigenvalue weighted by Crippen LogP contribution is -2.43. The molecule has 1 aliphatic carbocycles. The highest BCUT2D eigenvalue weighted by Gasteiger charge is 2.31. The molecule has 1 heterocycles. The van der Waals surface area contributed by atoms with Crippen LogP contribution in [-0.4, -0.2) is 17.3 Å². The molecule has 0 bridgehead atoms. The van der Waals surface area contributed by atoms with Gasteiger partial charge < -0.3 is 10.4 Å². The van der Waals surface area contributed by atoms with Crippen molar-refractivity contribution in [2.75, 3.05) is 6.54 Å². The van der Waals surface area contributed by atoms with Crippen LogP contribution in [0.25, 0.3) is 0 Å². The highest BCUT2D eigenvalue weighted by atomic mass is 79.9. The molecule has 0 radical (unpaired) electrons. The van der Waals surface area contributed by atoms with Crippen molar-refractivity contribution in [1.29, 1.82) is 0 Å². The van der Waals surface area contributed by atoms with Crippen LogP contribution < -0.4 is 5.32 Å². The summed E-state index contributed by atoms with van der Waals surface area (Å²) in [5.41, 5.74) is 0.816. The first-order chi connectivity index (χ1) is 8.61. The molecule has 1 fully saturated rings. The first-order valence-electron chi connectivity index (χ1n) is 6.77. The average molecular weight is 332 g/mol. The van der Waals surface area contributed by atoms with E-state index in [0.29, 0.717) is 0 Å². The second kappa shape index (κ2) is 6.51. The summed E-state index contributed by atoms with van der Waals surface area (Å²) < 4.78 is 1.17. The number of hydrogen-bond donors (Lipinski definition) is 2. The quantitative estimate of drug-likeness (QED) is 0.856. The van der Waals surface area contributed by atoms with E-state index in [0.717, 1.165) is 31.8 Å². The zero-order valence-corrected chi connectivity index (χ0v) is 13.3. The Morgan fingerprint density at radius 2 is 2.22 bits per heavy atom. The van der Waals surface area contributed by atoms with Crippen molar-refractivity contribution < 1.29 is 5.11 Å². The number of hydrogen-bond acceptors (Lipinski definition) is 3. The lowest BCUT2D eigenvalue weighted by Gasteiger charge is -2.36. The third-order valence-corrected chi connectivity index (χ3v) is 5.57. The van der Waals surface area contributed by atoms with Gasteiger partial charge in [0.1, 0.15) is 0 Å². The van der Waals surface area contributed by atoms with Crippen LogP contribution in [-0.2, 0) is 6.54 Å². The molecule has 0 aliphatic heterocycles. The Morgan fingerprint density at radius 1 is 1.50 bits per heavy atom. The molecule has 0 amide bonds. The average Bonchev–Trinajstić information content (AvgIpc) is 2.76. The van der Waals surface area contributed by atoms with Gasteiger partial charge in [0.15, 0.2) is 0 Å². The van der Waals surface area contributed by atoms with Gasteiger partial charge in [0.05, 0.1) is 9.39 Å². The van der Waals surface area contributed by atoms with Gasteiger partial charge in [0, 0.05) is 13.1 Å². The normalized spacial score (nSPS) is 28.5. The summed E-state index contributed by atoms with van der Waals surface area (Å²) in [6, 6.07) is 2.13. The van der Waals surface area contributed by atoms with E-state index in [1.54, 1.807) is 11.3 Å². The Labute approximate surface area is 122 Å². The SMILES string of the molecule is CCC1CCC(O)(CNCc2csc(Br)c2)CC1. The second-order valence-corrected chi connectivity index (χ2v) is 7.73. The summed E-state index contributed by atoms with van der Waals surface area (Å²) in [6.07, 6.45) is 5.52. The summed E-state index contributed by atoms with van der Waals surface area (Å²) in [6.45, 7) is 3.82. The fourth-order valence-corrected chi connectivity index (χ4v) is 3.89. The van der Waals surface area contributed by atoms with E-state index >= 15 is 0 Å². The molecule has 1 aromatic rings. The van der Waals surface area contributed by atoms with E-state index in [4.69, 9.17) is 0 Å². The molecule has 0 atom stereocenters. The van der Waals surface area contributed by atoms with Crippen molar-refractivity contribution in [3.8, 4) is 0 Å². The summed E-state index contributed by atoms with van der Waals surface area (Å²) >= 11 is 5.17. The van der Waals surface area contributed by atoms with E-state index < -0.39 is 5.60 Å². The van der Waals surface area contributed by atoms with E-state index in [2.05, 4.69) is 39.6 Å². The Hall–Kier alpha value is 0.100. The third-order valence-electron chi connectivity index (χ3n) is 4.02. The number of rotatable bonds is 5. The predicted octanol–water partition coefficient (Wildman–Crippen LogP) is 3.93. The van der Waals surface area contributed by atoms with Gasteiger partial charge in [-0.3, -0.25) is 0 Å². The highest BCUT2D eigenvalue weighted by molar-refractivity contribution is 9.11. The van der Waals surface area contributed by atoms with Crippen LogP contribution in [0.3, 0.4) is 0 Å². The van der Waals surface area contributed by atoms with Crippen molar-refractivity contribution in [2.45, 2.75) is 51.2 Å².